The monoisotopic (exact) mass is 352 g/mol. The quantitative estimate of drug-likeness (QED) is 0.756. The molecular formula is C17H22NO5S-. The number of aliphatic carboxylic acids is 1. The minimum absolute atomic E-state index is 0.176. The second-order valence-electron chi connectivity index (χ2n) is 5.87. The number of hydrogen-bond acceptors (Lipinski definition) is 6. The van der Waals surface area contributed by atoms with Crippen molar-refractivity contribution in [2.45, 2.75) is 52.4 Å². The highest BCUT2D eigenvalue weighted by Crippen LogP contribution is 2.40. The van der Waals surface area contributed by atoms with Gasteiger partial charge >= 0.3 is 5.97 Å². The number of hydrogen-bond donors (Lipinski definition) is 1. The van der Waals surface area contributed by atoms with Gasteiger partial charge in [0.15, 0.2) is 0 Å². The first kappa shape index (κ1) is 18.4. The smallest absolute Gasteiger partial charge is 0.341 e. The second kappa shape index (κ2) is 8.28. The molecule has 2 rings (SSSR count). The van der Waals surface area contributed by atoms with Crippen molar-refractivity contribution < 1.29 is 24.2 Å². The Balaban J connectivity index is 2.25. The number of nitrogens with one attached hydrogen (secondary N) is 1. The minimum atomic E-state index is -1.27. The van der Waals surface area contributed by atoms with E-state index in [1.807, 2.05) is 0 Å². The summed E-state index contributed by atoms with van der Waals surface area (Å²) in [6.45, 7) is 4.15. The van der Waals surface area contributed by atoms with Gasteiger partial charge in [0, 0.05) is 17.3 Å². The van der Waals surface area contributed by atoms with E-state index in [1.165, 1.54) is 11.3 Å². The van der Waals surface area contributed by atoms with Gasteiger partial charge in [-0.3, -0.25) is 4.79 Å². The molecule has 7 heteroatoms. The molecule has 0 spiro atoms. The first-order chi connectivity index (χ1) is 11.5. The lowest BCUT2D eigenvalue weighted by molar-refractivity contribution is -0.305. The normalized spacial score (nSPS) is 16.3. The van der Waals surface area contributed by atoms with E-state index < -0.39 is 17.8 Å². The zero-order valence-electron chi connectivity index (χ0n) is 14.0. The average Bonchev–Trinajstić information content (AvgIpc) is 2.89. The standard InChI is InChI=1S/C17H23NO5S/c1-3-10-5-6-11-12(9-10)24-16(15(11)17(22)23-4-2)18-13(19)7-8-14(20)21/h10H,3-9H2,1-2H3,(H,18,19)(H,20,21)/p-1/t10-/m1/s1. The van der Waals surface area contributed by atoms with Crippen LogP contribution in [0.1, 0.15) is 60.3 Å². The fourth-order valence-electron chi connectivity index (χ4n) is 2.91. The van der Waals surface area contributed by atoms with E-state index in [1.54, 1.807) is 6.92 Å². The number of carbonyl (C=O) groups is 3. The summed E-state index contributed by atoms with van der Waals surface area (Å²) in [5, 5.41) is 13.6. The third kappa shape index (κ3) is 4.35. The van der Waals surface area contributed by atoms with Crippen LogP contribution in [0, 0.1) is 5.92 Å². The Bertz CT molecular complexity index is 637. The van der Waals surface area contributed by atoms with Crippen molar-refractivity contribution in [3.05, 3.63) is 16.0 Å². The Morgan fingerprint density at radius 2 is 2.04 bits per heavy atom. The van der Waals surface area contributed by atoms with E-state index in [4.69, 9.17) is 4.74 Å². The topological polar surface area (TPSA) is 95.5 Å². The molecule has 0 radical (unpaired) electrons. The molecule has 1 heterocycles. The van der Waals surface area contributed by atoms with Crippen LogP contribution >= 0.6 is 11.3 Å². The molecule has 6 nitrogen and oxygen atoms in total. The van der Waals surface area contributed by atoms with Gasteiger partial charge in [0.2, 0.25) is 5.91 Å². The van der Waals surface area contributed by atoms with Crippen LogP contribution < -0.4 is 10.4 Å². The van der Waals surface area contributed by atoms with E-state index in [-0.39, 0.29) is 19.4 Å². The maximum Gasteiger partial charge on any atom is 0.341 e. The van der Waals surface area contributed by atoms with E-state index >= 15 is 0 Å². The summed E-state index contributed by atoms with van der Waals surface area (Å²) in [4.78, 5) is 35.9. The lowest BCUT2D eigenvalue weighted by Gasteiger charge is -2.20. The lowest BCUT2D eigenvalue weighted by Crippen LogP contribution is -2.24. The minimum Gasteiger partial charge on any atom is -0.550 e. The molecule has 24 heavy (non-hydrogen) atoms. The predicted octanol–water partition coefficient (Wildman–Crippen LogP) is 1.91. The summed E-state index contributed by atoms with van der Waals surface area (Å²) >= 11 is 1.40. The van der Waals surface area contributed by atoms with E-state index in [0.29, 0.717) is 16.5 Å². The van der Waals surface area contributed by atoms with Gasteiger partial charge in [0.1, 0.15) is 5.00 Å². The largest absolute Gasteiger partial charge is 0.550 e. The van der Waals surface area contributed by atoms with Crippen molar-refractivity contribution in [3.63, 3.8) is 0 Å². The van der Waals surface area contributed by atoms with Crippen LogP contribution in [0.2, 0.25) is 0 Å². The molecule has 0 bridgehead atoms. The van der Waals surface area contributed by atoms with Crippen molar-refractivity contribution in [2.24, 2.45) is 5.92 Å². The molecule has 0 unspecified atom stereocenters. The summed E-state index contributed by atoms with van der Waals surface area (Å²) in [6.07, 6.45) is 3.28. The Morgan fingerprint density at radius 1 is 1.29 bits per heavy atom. The van der Waals surface area contributed by atoms with E-state index in [0.717, 1.165) is 36.1 Å². The molecule has 1 aliphatic rings. The molecule has 0 saturated carbocycles. The van der Waals surface area contributed by atoms with Crippen molar-refractivity contribution >= 4 is 34.2 Å². The van der Waals surface area contributed by atoms with Gasteiger partial charge in [-0.2, -0.15) is 0 Å². The summed E-state index contributed by atoms with van der Waals surface area (Å²) in [6, 6.07) is 0. The molecule has 0 saturated heterocycles. The fraction of sp³-hybridized carbons (Fsp3) is 0.588. The van der Waals surface area contributed by atoms with Crippen molar-refractivity contribution in [1.82, 2.24) is 0 Å². The maximum absolute atomic E-state index is 12.3. The number of fused-ring (bicyclic) bond motifs is 1. The summed E-state index contributed by atoms with van der Waals surface area (Å²) in [7, 11) is 0. The molecule has 0 aliphatic heterocycles. The number of rotatable bonds is 7. The molecule has 0 aromatic carbocycles. The highest BCUT2D eigenvalue weighted by molar-refractivity contribution is 7.17. The van der Waals surface area contributed by atoms with Gasteiger partial charge in [0.25, 0.3) is 0 Å². The van der Waals surface area contributed by atoms with Crippen LogP contribution in [0.15, 0.2) is 0 Å². The van der Waals surface area contributed by atoms with Crippen LogP contribution in [0.5, 0.6) is 0 Å². The van der Waals surface area contributed by atoms with Gasteiger partial charge in [-0.25, -0.2) is 4.79 Å². The van der Waals surface area contributed by atoms with E-state index in [2.05, 4.69) is 12.2 Å². The van der Waals surface area contributed by atoms with Gasteiger partial charge in [-0.1, -0.05) is 13.3 Å². The number of esters is 1. The predicted molar refractivity (Wildman–Crippen MR) is 89.0 cm³/mol. The van der Waals surface area contributed by atoms with Crippen molar-refractivity contribution in [2.75, 3.05) is 11.9 Å². The number of carboxylic acids is 1. The van der Waals surface area contributed by atoms with Crippen molar-refractivity contribution in [1.29, 1.82) is 0 Å². The highest BCUT2D eigenvalue weighted by atomic mass is 32.1. The van der Waals surface area contributed by atoms with Gasteiger partial charge in [0.05, 0.1) is 12.2 Å². The average molecular weight is 352 g/mol. The Hall–Kier alpha value is -1.89. The maximum atomic E-state index is 12.3. The Kier molecular flexibility index (Phi) is 6.36. The van der Waals surface area contributed by atoms with Gasteiger partial charge in [-0.15, -0.1) is 11.3 Å². The first-order valence-corrected chi connectivity index (χ1v) is 9.09. The number of thiophene rings is 1. The third-order valence-corrected chi connectivity index (χ3v) is 5.40. The van der Waals surface area contributed by atoms with Crippen LogP contribution in [-0.4, -0.2) is 24.5 Å². The van der Waals surface area contributed by atoms with Crippen molar-refractivity contribution in [3.8, 4) is 0 Å². The van der Waals surface area contributed by atoms with E-state index in [9.17, 15) is 19.5 Å². The lowest BCUT2D eigenvalue weighted by atomic mass is 9.85. The van der Waals surface area contributed by atoms with Crippen LogP contribution in [0.3, 0.4) is 0 Å². The summed E-state index contributed by atoms with van der Waals surface area (Å²) < 4.78 is 5.14. The molecule has 132 valence electrons. The van der Waals surface area contributed by atoms with Crippen LogP contribution in [0.4, 0.5) is 5.00 Å². The SMILES string of the molecule is CCOC(=O)c1c(NC(=O)CCC(=O)[O-])sc2c1CC[C@@H](CC)C2. The Labute approximate surface area is 145 Å². The zero-order valence-corrected chi connectivity index (χ0v) is 14.8. The molecule has 1 amide bonds. The second-order valence-corrected chi connectivity index (χ2v) is 6.97. The molecule has 1 aromatic heterocycles. The third-order valence-electron chi connectivity index (χ3n) is 4.23. The van der Waals surface area contributed by atoms with Gasteiger partial charge < -0.3 is 20.0 Å². The summed E-state index contributed by atoms with van der Waals surface area (Å²) in [5.41, 5.74) is 1.41. The van der Waals surface area contributed by atoms with Gasteiger partial charge in [-0.05, 0) is 44.1 Å². The highest BCUT2D eigenvalue weighted by Gasteiger charge is 2.29. The fourth-order valence-corrected chi connectivity index (χ4v) is 4.28. The molecule has 1 aliphatic carbocycles. The molecule has 1 N–H and O–H groups in total. The molecule has 0 fully saturated rings. The number of carboxylic acid groups (broad SMARTS) is 1. The molecule has 1 aromatic rings. The number of ether oxygens (including phenoxy) is 1. The number of anilines is 1. The van der Waals surface area contributed by atoms with Crippen LogP contribution in [-0.2, 0) is 27.2 Å². The number of amides is 1. The first-order valence-electron chi connectivity index (χ1n) is 8.27. The molecule has 1 atom stereocenters. The number of carbonyl (C=O) groups excluding carboxylic acids is 3. The Morgan fingerprint density at radius 3 is 2.67 bits per heavy atom. The zero-order chi connectivity index (χ0) is 17.7. The summed E-state index contributed by atoms with van der Waals surface area (Å²) in [5.74, 6) is -1.55. The molecular weight excluding hydrogens is 330 g/mol. The van der Waals surface area contributed by atoms with Crippen LogP contribution in [0.25, 0.3) is 0 Å².